The summed E-state index contributed by atoms with van der Waals surface area (Å²) in [7, 11) is -4.67. The molecule has 0 aromatic carbocycles. The molecular formula is C12H25NO4S2. The molecule has 0 saturated heterocycles. The van der Waals surface area contributed by atoms with Crippen LogP contribution in [0.5, 0.6) is 0 Å². The topological polar surface area (TPSA) is 86.6 Å². The normalized spacial score (nSPS) is 15.4. The number of allylic oxidation sites excluding steroid dienone is 2. The van der Waals surface area contributed by atoms with Crippen LogP contribution in [-0.4, -0.2) is 36.4 Å². The van der Waals surface area contributed by atoms with Crippen molar-refractivity contribution in [1.29, 1.82) is 0 Å². The highest BCUT2D eigenvalue weighted by Crippen LogP contribution is 2.21. The van der Waals surface area contributed by atoms with Crippen molar-refractivity contribution in [3.63, 3.8) is 0 Å². The Kier molecular flexibility index (Phi) is 11.7. The van der Waals surface area contributed by atoms with Gasteiger partial charge in [-0.1, -0.05) is 11.6 Å². The Morgan fingerprint density at radius 1 is 1.21 bits per heavy atom. The Bertz CT molecular complexity index is 334. The van der Waals surface area contributed by atoms with Crippen LogP contribution in [0.4, 0.5) is 0 Å². The van der Waals surface area contributed by atoms with Crippen LogP contribution in [0, 0.1) is 0 Å². The Morgan fingerprint density at radius 2 is 1.89 bits per heavy atom. The van der Waals surface area contributed by atoms with Crippen molar-refractivity contribution < 1.29 is 17.5 Å². The number of hydrogen-bond acceptors (Lipinski definition) is 4. The fourth-order valence-electron chi connectivity index (χ4n) is 1.94. The Balaban J connectivity index is 0.000000555. The lowest BCUT2D eigenvalue weighted by Gasteiger charge is -2.12. The summed E-state index contributed by atoms with van der Waals surface area (Å²) in [5.74, 6) is 0.950. The molecule has 5 nitrogen and oxygen atoms in total. The maximum atomic E-state index is 8.74. The van der Waals surface area contributed by atoms with Crippen LogP contribution >= 0.6 is 12.6 Å². The van der Waals surface area contributed by atoms with Crippen molar-refractivity contribution in [2.24, 2.45) is 0 Å². The maximum Gasteiger partial charge on any atom is 0.394 e. The molecule has 0 amide bonds. The van der Waals surface area contributed by atoms with E-state index >= 15 is 0 Å². The van der Waals surface area contributed by atoms with Gasteiger partial charge in [0.2, 0.25) is 0 Å². The summed E-state index contributed by atoms with van der Waals surface area (Å²) in [4.78, 5) is 0. The third-order valence-electron chi connectivity index (χ3n) is 2.78. The van der Waals surface area contributed by atoms with Crippen molar-refractivity contribution in [2.45, 2.75) is 44.9 Å². The van der Waals surface area contributed by atoms with Crippen LogP contribution < -0.4 is 5.32 Å². The van der Waals surface area contributed by atoms with E-state index in [0.717, 1.165) is 18.8 Å². The molecule has 1 aliphatic rings. The van der Waals surface area contributed by atoms with Gasteiger partial charge in [0.15, 0.2) is 0 Å². The fourth-order valence-corrected chi connectivity index (χ4v) is 2.10. The van der Waals surface area contributed by atoms with E-state index in [2.05, 4.69) is 24.0 Å². The fraction of sp³-hybridized carbons (Fsp3) is 0.833. The molecule has 7 heteroatoms. The van der Waals surface area contributed by atoms with E-state index in [0.29, 0.717) is 0 Å². The molecule has 0 unspecified atom stereocenters. The molecule has 3 N–H and O–H groups in total. The summed E-state index contributed by atoms with van der Waals surface area (Å²) in [6.07, 6.45) is 12.0. The van der Waals surface area contributed by atoms with Crippen molar-refractivity contribution in [3.05, 3.63) is 11.6 Å². The van der Waals surface area contributed by atoms with Crippen LogP contribution in [0.25, 0.3) is 0 Å². The van der Waals surface area contributed by atoms with Crippen LogP contribution in [0.1, 0.15) is 44.9 Å². The van der Waals surface area contributed by atoms with Gasteiger partial charge in [-0.15, -0.1) is 0 Å². The number of hydrogen-bond donors (Lipinski definition) is 4. The zero-order valence-corrected chi connectivity index (χ0v) is 12.9. The molecule has 0 saturated carbocycles. The summed E-state index contributed by atoms with van der Waals surface area (Å²) in [6.45, 7) is 2.21. The second-order valence-corrected chi connectivity index (χ2v) is 5.83. The number of rotatable bonds is 7. The second-order valence-electron chi connectivity index (χ2n) is 4.49. The highest BCUT2D eigenvalue weighted by atomic mass is 32.3. The van der Waals surface area contributed by atoms with Gasteiger partial charge < -0.3 is 5.32 Å². The third kappa shape index (κ3) is 17.9. The van der Waals surface area contributed by atoms with Gasteiger partial charge in [-0.3, -0.25) is 9.11 Å². The highest BCUT2D eigenvalue weighted by molar-refractivity contribution is 7.80. The summed E-state index contributed by atoms with van der Waals surface area (Å²) < 4.78 is 31.6. The van der Waals surface area contributed by atoms with Gasteiger partial charge in [-0.2, -0.15) is 21.0 Å². The first-order chi connectivity index (χ1) is 8.93. The lowest BCUT2D eigenvalue weighted by atomic mass is 9.95. The van der Waals surface area contributed by atoms with Crippen molar-refractivity contribution in [1.82, 2.24) is 5.32 Å². The molecule has 19 heavy (non-hydrogen) atoms. The maximum absolute atomic E-state index is 8.74. The van der Waals surface area contributed by atoms with Gasteiger partial charge in [0.05, 0.1) is 0 Å². The summed E-state index contributed by atoms with van der Waals surface area (Å²) in [5.41, 5.74) is 1.71. The van der Waals surface area contributed by atoms with Gasteiger partial charge in [-0.25, -0.2) is 0 Å². The number of nitrogens with one attached hydrogen (secondary N) is 1. The lowest BCUT2D eigenvalue weighted by Crippen LogP contribution is -2.17. The first-order valence-electron chi connectivity index (χ1n) is 6.63. The Hall–Kier alpha value is -0.0800. The smallest absolute Gasteiger partial charge is 0.316 e. The first-order valence-corrected chi connectivity index (χ1v) is 8.66. The minimum atomic E-state index is -4.67. The largest absolute Gasteiger partial charge is 0.394 e. The summed E-state index contributed by atoms with van der Waals surface area (Å²) in [5, 5.41) is 3.38. The molecular weight excluding hydrogens is 286 g/mol. The third-order valence-corrected chi connectivity index (χ3v) is 3.00. The van der Waals surface area contributed by atoms with E-state index < -0.39 is 10.4 Å². The molecule has 0 aromatic rings. The molecule has 0 aromatic heterocycles. The van der Waals surface area contributed by atoms with Crippen molar-refractivity contribution >= 4 is 23.0 Å². The predicted molar refractivity (Wildman–Crippen MR) is 81.3 cm³/mol. The molecule has 0 atom stereocenters. The first kappa shape index (κ1) is 18.9. The molecule has 0 fully saturated rings. The van der Waals surface area contributed by atoms with E-state index in [9.17, 15) is 0 Å². The number of unbranched alkanes of at least 4 members (excludes halogenated alkanes) is 1. The molecule has 0 spiro atoms. The van der Waals surface area contributed by atoms with Gasteiger partial charge in [0.25, 0.3) is 0 Å². The van der Waals surface area contributed by atoms with E-state index in [1.54, 1.807) is 5.57 Å². The summed E-state index contributed by atoms with van der Waals surface area (Å²) in [6, 6.07) is 0. The van der Waals surface area contributed by atoms with Gasteiger partial charge >= 0.3 is 10.4 Å². The molecule has 1 aliphatic carbocycles. The van der Waals surface area contributed by atoms with E-state index in [1.807, 2.05) is 0 Å². The van der Waals surface area contributed by atoms with E-state index in [-0.39, 0.29) is 0 Å². The van der Waals surface area contributed by atoms with Crippen molar-refractivity contribution in [3.8, 4) is 0 Å². The molecule has 114 valence electrons. The average Bonchev–Trinajstić information content (AvgIpc) is 2.33. The van der Waals surface area contributed by atoms with Gasteiger partial charge in [-0.05, 0) is 51.5 Å². The van der Waals surface area contributed by atoms with E-state index in [4.69, 9.17) is 17.5 Å². The lowest BCUT2D eigenvalue weighted by molar-refractivity contribution is 0.381. The molecule has 1 rings (SSSR count). The quantitative estimate of drug-likeness (QED) is 0.251. The SMILES string of the molecule is O=S(=O)(O)O.SCCNCCCCC1=CCCCC1. The van der Waals surface area contributed by atoms with Gasteiger partial charge in [0, 0.05) is 12.3 Å². The van der Waals surface area contributed by atoms with Crippen LogP contribution in [0.2, 0.25) is 0 Å². The molecule has 0 bridgehead atoms. The minimum absolute atomic E-state index is 0.950. The van der Waals surface area contributed by atoms with Crippen LogP contribution in [-0.2, 0) is 10.4 Å². The zero-order valence-electron chi connectivity index (χ0n) is 11.2. The monoisotopic (exact) mass is 311 g/mol. The van der Waals surface area contributed by atoms with Gasteiger partial charge in [0.1, 0.15) is 0 Å². The Morgan fingerprint density at radius 3 is 2.42 bits per heavy atom. The minimum Gasteiger partial charge on any atom is -0.316 e. The average molecular weight is 311 g/mol. The molecule has 0 radical (unpaired) electrons. The van der Waals surface area contributed by atoms with Crippen LogP contribution in [0.15, 0.2) is 11.6 Å². The highest BCUT2D eigenvalue weighted by Gasteiger charge is 2.02. The zero-order chi connectivity index (χ0) is 14.6. The summed E-state index contributed by atoms with van der Waals surface area (Å²) >= 11 is 4.16. The second kappa shape index (κ2) is 11.7. The molecule has 0 aliphatic heterocycles. The van der Waals surface area contributed by atoms with E-state index in [1.165, 1.54) is 44.9 Å². The standard InChI is InChI=1S/C12H23NS.H2O4S/c14-11-10-13-9-5-4-8-12-6-2-1-3-7-12;1-5(2,3)4/h6,13-14H,1-5,7-11H2;(H2,1,2,3,4). The number of thiol groups is 1. The van der Waals surface area contributed by atoms with Crippen LogP contribution in [0.3, 0.4) is 0 Å². The van der Waals surface area contributed by atoms with Crippen molar-refractivity contribution in [2.75, 3.05) is 18.8 Å². The Labute approximate surface area is 121 Å². The molecule has 0 heterocycles. The predicted octanol–water partition coefficient (Wildman–Crippen LogP) is 2.52.